The van der Waals surface area contributed by atoms with Gasteiger partial charge in [0.05, 0.1) is 30.2 Å². The summed E-state index contributed by atoms with van der Waals surface area (Å²) in [6, 6.07) is 11.1. The number of fused-ring (bicyclic) bond motifs is 3. The third-order valence-electron chi connectivity index (χ3n) is 10.7. The van der Waals surface area contributed by atoms with E-state index in [0.29, 0.717) is 48.0 Å². The van der Waals surface area contributed by atoms with Crippen LogP contribution in [0.1, 0.15) is 80.3 Å². The van der Waals surface area contributed by atoms with Gasteiger partial charge in [0.25, 0.3) is 5.91 Å². The molecule has 0 spiro atoms. The topological polar surface area (TPSA) is 120 Å². The van der Waals surface area contributed by atoms with Crippen molar-refractivity contribution in [2.75, 3.05) is 31.2 Å². The van der Waals surface area contributed by atoms with Crippen LogP contribution in [0.4, 0.5) is 5.69 Å². The van der Waals surface area contributed by atoms with Crippen LogP contribution in [0.3, 0.4) is 0 Å². The molecule has 1 amide bonds. The average Bonchev–Trinajstić information content (AvgIpc) is 3.05. The molecule has 252 valence electrons. The number of rotatable bonds is 1. The molecule has 3 aliphatic heterocycles. The zero-order valence-electron chi connectivity index (χ0n) is 27.0. The fourth-order valence-corrected chi connectivity index (χ4v) is 9.08. The molecule has 0 aromatic heterocycles. The highest BCUT2D eigenvalue weighted by atomic mass is 35.5. The number of nitrogens with two attached hydrogens (primary N) is 1. The maximum Gasteiger partial charge on any atom is 0.264 e. The van der Waals surface area contributed by atoms with Gasteiger partial charge in [-0.15, -0.1) is 0 Å². The van der Waals surface area contributed by atoms with Crippen molar-refractivity contribution in [2.45, 2.75) is 89.4 Å². The Bertz CT molecular complexity index is 1500. The molecule has 3 N–H and O–H groups in total. The van der Waals surface area contributed by atoms with E-state index in [0.717, 1.165) is 75.7 Å². The highest BCUT2D eigenvalue weighted by molar-refractivity contribution is 7.90. The van der Waals surface area contributed by atoms with Crippen LogP contribution >= 0.6 is 11.6 Å². The first kappa shape index (κ1) is 33.5. The second-order valence-corrected chi connectivity index (χ2v) is 16.3. The van der Waals surface area contributed by atoms with Crippen molar-refractivity contribution in [1.82, 2.24) is 4.72 Å². The van der Waals surface area contributed by atoms with Crippen molar-refractivity contribution in [3.8, 4) is 5.75 Å². The highest BCUT2D eigenvalue weighted by Crippen LogP contribution is 2.46. The summed E-state index contributed by atoms with van der Waals surface area (Å²) >= 11 is 6.36. The Kier molecular flexibility index (Phi) is 10.5. The smallest absolute Gasteiger partial charge is 0.264 e. The van der Waals surface area contributed by atoms with Crippen molar-refractivity contribution in [1.29, 1.82) is 0 Å². The molecule has 1 saturated heterocycles. The fraction of sp³-hybridized carbons (Fsp3) is 0.629. The summed E-state index contributed by atoms with van der Waals surface area (Å²) in [4.78, 5) is 15.8. The number of ether oxygens (including phenoxy) is 3. The van der Waals surface area contributed by atoms with Gasteiger partial charge in [-0.25, -0.2) is 13.1 Å². The number of hydrogen-bond acceptors (Lipinski definition) is 8. The molecule has 2 bridgehead atoms. The summed E-state index contributed by atoms with van der Waals surface area (Å²) < 4.78 is 48.0. The molecule has 0 unspecified atom stereocenters. The van der Waals surface area contributed by atoms with Gasteiger partial charge in [0.1, 0.15) is 12.4 Å². The maximum atomic E-state index is 13.5. The molecule has 46 heavy (non-hydrogen) atoms. The van der Waals surface area contributed by atoms with Gasteiger partial charge in [0.2, 0.25) is 10.0 Å². The van der Waals surface area contributed by atoms with E-state index < -0.39 is 21.2 Å². The minimum atomic E-state index is -3.90. The molecule has 2 aromatic rings. The van der Waals surface area contributed by atoms with Crippen molar-refractivity contribution in [3.05, 3.63) is 58.1 Å². The number of nitrogens with zero attached hydrogens (tertiary/aromatic N) is 1. The third-order valence-corrected chi connectivity index (χ3v) is 12.9. The van der Waals surface area contributed by atoms with Crippen LogP contribution < -0.4 is 20.1 Å². The molecule has 9 nitrogen and oxygen atoms in total. The van der Waals surface area contributed by atoms with Gasteiger partial charge >= 0.3 is 0 Å². The number of carbonyl (C=O) groups is 1. The largest absolute Gasteiger partial charge is 0.487 e. The molecular weight excluding hydrogens is 626 g/mol. The quantitative estimate of drug-likeness (QED) is 0.397. The van der Waals surface area contributed by atoms with Gasteiger partial charge in [0.15, 0.2) is 6.29 Å². The molecule has 2 fully saturated rings. The molecule has 5 atom stereocenters. The number of hydrogen-bond donors (Lipinski definition) is 2. The SMILES string of the molecule is C[C@@H]1[C@@H](C)CCC[C@H]([C@H]2OC[C@H](N)CO2)[C@@H]2CC[C@H]2CN2CCCCc3cc(Cl)ccc3COc3ccc(cc32)C(=O)NS1(=O)=O. The number of anilines is 1. The van der Waals surface area contributed by atoms with E-state index in [4.69, 9.17) is 31.5 Å². The van der Waals surface area contributed by atoms with E-state index in [1.54, 1.807) is 25.1 Å². The third kappa shape index (κ3) is 7.51. The van der Waals surface area contributed by atoms with E-state index in [1.807, 2.05) is 25.1 Å². The normalized spacial score (nSPS) is 32.4. The van der Waals surface area contributed by atoms with Crippen LogP contribution in [-0.2, 0) is 32.5 Å². The molecule has 3 heterocycles. The first-order valence-corrected chi connectivity index (χ1v) is 18.9. The van der Waals surface area contributed by atoms with Crippen LogP contribution in [0.5, 0.6) is 5.75 Å². The summed E-state index contributed by atoms with van der Waals surface area (Å²) in [6.07, 6.45) is 7.19. The predicted molar refractivity (Wildman–Crippen MR) is 180 cm³/mol. The van der Waals surface area contributed by atoms with Gasteiger partial charge in [-0.2, -0.15) is 0 Å². The van der Waals surface area contributed by atoms with Crippen molar-refractivity contribution in [2.24, 2.45) is 29.4 Å². The van der Waals surface area contributed by atoms with Gasteiger partial charge in [-0.1, -0.05) is 31.0 Å². The minimum Gasteiger partial charge on any atom is -0.487 e. The monoisotopic (exact) mass is 673 g/mol. The molecule has 6 rings (SSSR count). The van der Waals surface area contributed by atoms with Gasteiger partial charge in [-0.3, -0.25) is 4.79 Å². The molecule has 4 aliphatic rings. The summed E-state index contributed by atoms with van der Waals surface area (Å²) in [5, 5.41) is -0.0133. The number of halogens is 1. The van der Waals surface area contributed by atoms with Crippen molar-refractivity contribution < 1.29 is 27.4 Å². The zero-order valence-corrected chi connectivity index (χ0v) is 28.5. The minimum absolute atomic E-state index is 0.119. The van der Waals surface area contributed by atoms with E-state index in [-0.39, 0.29) is 24.2 Å². The highest BCUT2D eigenvalue weighted by Gasteiger charge is 2.43. The number of aryl methyl sites for hydroxylation is 1. The van der Waals surface area contributed by atoms with Crippen molar-refractivity contribution in [3.63, 3.8) is 0 Å². The van der Waals surface area contributed by atoms with Gasteiger partial charge in [0, 0.05) is 29.6 Å². The average molecular weight is 674 g/mol. The first-order chi connectivity index (χ1) is 22.1. The first-order valence-electron chi connectivity index (χ1n) is 16.9. The summed E-state index contributed by atoms with van der Waals surface area (Å²) in [7, 11) is -3.90. The molecule has 1 aliphatic carbocycles. The van der Waals surface area contributed by atoms with E-state index in [9.17, 15) is 13.2 Å². The Labute approximate surface area is 278 Å². The number of nitrogens with one attached hydrogen (secondary N) is 1. The number of carbonyl (C=O) groups excluding carboxylic acids is 1. The Hall–Kier alpha value is -2.37. The Morgan fingerprint density at radius 2 is 1.74 bits per heavy atom. The lowest BCUT2D eigenvalue weighted by atomic mass is 9.65. The Morgan fingerprint density at radius 3 is 2.50 bits per heavy atom. The van der Waals surface area contributed by atoms with Gasteiger partial charge < -0.3 is 24.8 Å². The van der Waals surface area contributed by atoms with E-state index in [1.165, 1.54) is 5.56 Å². The molecule has 11 heteroatoms. The van der Waals surface area contributed by atoms with E-state index in [2.05, 4.69) is 9.62 Å². The summed E-state index contributed by atoms with van der Waals surface area (Å²) in [5.74, 6) is 0.947. The van der Waals surface area contributed by atoms with Crippen LogP contribution in [0, 0.1) is 23.7 Å². The molecular formula is C35H48ClN3O6S. The summed E-state index contributed by atoms with van der Waals surface area (Å²) in [5.41, 5.74) is 9.48. The molecule has 1 saturated carbocycles. The Balaban J connectivity index is 1.36. The van der Waals surface area contributed by atoms with E-state index >= 15 is 0 Å². The molecule has 2 aromatic carbocycles. The lowest BCUT2D eigenvalue weighted by Crippen LogP contribution is -2.50. The van der Waals surface area contributed by atoms with Crippen LogP contribution in [0.15, 0.2) is 36.4 Å². The van der Waals surface area contributed by atoms with Crippen LogP contribution in [0.2, 0.25) is 5.02 Å². The summed E-state index contributed by atoms with van der Waals surface area (Å²) in [6.45, 7) is 6.56. The number of amides is 1. The lowest BCUT2D eigenvalue weighted by Gasteiger charge is -2.47. The predicted octanol–water partition coefficient (Wildman–Crippen LogP) is 5.67. The fourth-order valence-electron chi connectivity index (χ4n) is 7.58. The molecule has 0 radical (unpaired) electrons. The van der Waals surface area contributed by atoms with Crippen LogP contribution in [0.25, 0.3) is 0 Å². The second-order valence-electron chi connectivity index (χ2n) is 13.8. The van der Waals surface area contributed by atoms with Crippen LogP contribution in [-0.4, -0.2) is 58.2 Å². The standard InChI is InChI=1S/C35H48ClN3O6S/c1-22-6-5-8-31(35-44-20-29(37)21-45-35)30-13-10-26(30)18-39-15-4-3-7-24-16-28(36)12-9-27(24)19-43-33-14-11-25(17-32(33)39)34(40)38-46(41,42)23(22)2/h9,11-12,14,16-17,22-23,26,29-31,35H,3-8,10,13,15,18-21,37H2,1-2H3,(H,38,40)/t22-,23+,26-,29-,30+,31-,35-/m0/s1. The number of benzene rings is 2. The second kappa shape index (κ2) is 14.4. The van der Waals surface area contributed by atoms with Gasteiger partial charge in [-0.05, 0) is 111 Å². The maximum absolute atomic E-state index is 13.5. The van der Waals surface area contributed by atoms with Crippen molar-refractivity contribution >= 4 is 33.2 Å². The lowest BCUT2D eigenvalue weighted by molar-refractivity contribution is -0.229. The number of sulfonamides is 1. The Morgan fingerprint density at radius 1 is 0.935 bits per heavy atom. The zero-order chi connectivity index (χ0) is 32.4.